The van der Waals surface area contributed by atoms with Crippen LogP contribution in [0.3, 0.4) is 0 Å². The molecule has 0 amide bonds. The van der Waals surface area contributed by atoms with E-state index in [0.717, 1.165) is 43.9 Å². The molecule has 1 saturated heterocycles. The first-order valence-corrected chi connectivity index (χ1v) is 13.5. The highest BCUT2D eigenvalue weighted by atomic mass is 16.6. The van der Waals surface area contributed by atoms with Crippen molar-refractivity contribution in [3.05, 3.63) is 17.2 Å². The lowest BCUT2D eigenvalue weighted by molar-refractivity contribution is -0.157. The number of phenols is 1. The standard InChI is InChI=1S/C28H40N2O5/c1-15(26(32)35-27(2,3)4)29-19-9-8-18-20-12-17-22(33-5)13-21(31)24-23(17)28(18,25(19)34-24)10-11-30(20)14-16-6-7-16/h13,15-16,18-20,25,29,31H,6-12,14H2,1-5H3/t15-,18-,19-,20+,25-,28-/m0/s1. The topological polar surface area (TPSA) is 80.3 Å². The van der Waals surface area contributed by atoms with Crippen molar-refractivity contribution >= 4 is 5.97 Å². The van der Waals surface area contributed by atoms with E-state index in [2.05, 4.69) is 10.2 Å². The summed E-state index contributed by atoms with van der Waals surface area (Å²) in [6.07, 6.45) is 6.59. The minimum absolute atomic E-state index is 0.00754. The number of hydrogen-bond acceptors (Lipinski definition) is 7. The zero-order valence-electron chi connectivity index (χ0n) is 21.7. The van der Waals surface area contributed by atoms with Gasteiger partial charge in [0.25, 0.3) is 0 Å². The first-order valence-electron chi connectivity index (χ1n) is 13.5. The lowest BCUT2D eigenvalue weighted by atomic mass is 9.51. The average Bonchev–Trinajstić information content (AvgIpc) is 3.54. The van der Waals surface area contributed by atoms with E-state index >= 15 is 0 Å². The average molecular weight is 485 g/mol. The Morgan fingerprint density at radius 3 is 2.77 bits per heavy atom. The number of methoxy groups -OCH3 is 1. The third kappa shape index (κ3) is 3.64. The van der Waals surface area contributed by atoms with Gasteiger partial charge in [-0.15, -0.1) is 0 Å². The van der Waals surface area contributed by atoms with Gasteiger partial charge in [0.05, 0.1) is 7.11 Å². The van der Waals surface area contributed by atoms with Gasteiger partial charge in [-0.2, -0.15) is 0 Å². The molecule has 1 aromatic carbocycles. The van der Waals surface area contributed by atoms with Crippen molar-refractivity contribution in [2.75, 3.05) is 20.2 Å². The van der Waals surface area contributed by atoms with Crippen LogP contribution in [0, 0.1) is 11.8 Å². The van der Waals surface area contributed by atoms with Crippen LogP contribution >= 0.6 is 0 Å². The normalized spacial score (nSPS) is 34.1. The molecule has 2 saturated carbocycles. The number of esters is 1. The maximum absolute atomic E-state index is 12.8. The third-order valence-electron chi connectivity index (χ3n) is 9.15. The van der Waals surface area contributed by atoms with Gasteiger partial charge in [-0.3, -0.25) is 15.0 Å². The number of piperidine rings is 1. The number of ether oxygens (including phenoxy) is 3. The van der Waals surface area contributed by atoms with Crippen molar-refractivity contribution in [1.29, 1.82) is 0 Å². The van der Waals surface area contributed by atoms with E-state index in [0.29, 0.717) is 17.7 Å². The van der Waals surface area contributed by atoms with E-state index in [1.54, 1.807) is 13.2 Å². The van der Waals surface area contributed by atoms with Crippen LogP contribution in [0.5, 0.6) is 17.2 Å². The fraction of sp³-hybridized carbons (Fsp3) is 0.750. The van der Waals surface area contributed by atoms with E-state index < -0.39 is 11.6 Å². The highest BCUT2D eigenvalue weighted by Crippen LogP contribution is 2.65. The van der Waals surface area contributed by atoms with Gasteiger partial charge >= 0.3 is 5.97 Å². The molecule has 7 nitrogen and oxygen atoms in total. The molecule has 0 unspecified atom stereocenters. The number of hydrogen-bond donors (Lipinski definition) is 2. The fourth-order valence-corrected chi connectivity index (χ4v) is 7.67. The second kappa shape index (κ2) is 8.01. The molecule has 1 aromatic rings. The molecule has 7 heteroatoms. The number of nitrogens with zero attached hydrogens (tertiary/aromatic N) is 1. The number of carbonyl (C=O) groups excluding carboxylic acids is 1. The molecule has 0 aromatic heterocycles. The summed E-state index contributed by atoms with van der Waals surface area (Å²) in [5.74, 6) is 2.68. The summed E-state index contributed by atoms with van der Waals surface area (Å²) in [7, 11) is 1.69. The Balaban J connectivity index is 1.37. The van der Waals surface area contributed by atoms with Crippen LogP contribution in [0.1, 0.15) is 70.9 Å². The minimum atomic E-state index is -0.522. The number of nitrogens with one attached hydrogen (secondary N) is 1. The van der Waals surface area contributed by atoms with Gasteiger partial charge in [0, 0.05) is 41.2 Å². The largest absolute Gasteiger partial charge is 0.504 e. The molecule has 2 aliphatic heterocycles. The number of carbonyl (C=O) groups is 1. The van der Waals surface area contributed by atoms with Gasteiger partial charge in [0.15, 0.2) is 11.5 Å². The monoisotopic (exact) mass is 484 g/mol. The lowest BCUT2D eigenvalue weighted by Crippen LogP contribution is -2.69. The number of phenolic OH excluding ortho intramolecular Hbond substituents is 1. The van der Waals surface area contributed by atoms with Crippen LogP contribution in [0.15, 0.2) is 6.07 Å². The van der Waals surface area contributed by atoms with Gasteiger partial charge < -0.3 is 19.3 Å². The predicted octanol–water partition coefficient (Wildman–Crippen LogP) is 3.54. The Morgan fingerprint density at radius 2 is 2.09 bits per heavy atom. The first-order chi connectivity index (χ1) is 16.6. The van der Waals surface area contributed by atoms with E-state index in [1.807, 2.05) is 27.7 Å². The van der Waals surface area contributed by atoms with Gasteiger partial charge in [-0.1, -0.05) is 0 Å². The highest BCUT2D eigenvalue weighted by molar-refractivity contribution is 5.75. The Labute approximate surface area is 208 Å². The summed E-state index contributed by atoms with van der Waals surface area (Å²) in [4.78, 5) is 15.5. The molecule has 2 heterocycles. The number of likely N-dealkylation sites (tertiary alicyclic amines) is 1. The second-order valence-electron chi connectivity index (χ2n) is 12.5. The molecule has 2 bridgehead atoms. The third-order valence-corrected chi connectivity index (χ3v) is 9.15. The second-order valence-corrected chi connectivity index (χ2v) is 12.5. The Kier molecular flexibility index (Phi) is 5.35. The van der Waals surface area contributed by atoms with Crippen LogP contribution in [-0.4, -0.2) is 66.0 Å². The Hall–Kier alpha value is -1.99. The molecular formula is C28H40N2O5. The molecule has 2 N–H and O–H groups in total. The van der Waals surface area contributed by atoms with Crippen LogP contribution in [0.25, 0.3) is 0 Å². The molecular weight excluding hydrogens is 444 g/mol. The molecule has 1 spiro atoms. The minimum Gasteiger partial charge on any atom is -0.504 e. The van der Waals surface area contributed by atoms with E-state index in [4.69, 9.17) is 14.2 Å². The zero-order valence-corrected chi connectivity index (χ0v) is 21.7. The number of aromatic hydroxyl groups is 1. The van der Waals surface area contributed by atoms with Crippen molar-refractivity contribution in [2.45, 2.75) is 101 Å². The summed E-state index contributed by atoms with van der Waals surface area (Å²) in [6.45, 7) is 9.83. The van der Waals surface area contributed by atoms with Crippen LogP contribution < -0.4 is 14.8 Å². The summed E-state index contributed by atoms with van der Waals surface area (Å²) < 4.78 is 18.1. The van der Waals surface area contributed by atoms with Crippen molar-refractivity contribution in [3.63, 3.8) is 0 Å². The Bertz CT molecular complexity index is 1030. The van der Waals surface area contributed by atoms with Crippen LogP contribution in [0.2, 0.25) is 0 Å². The summed E-state index contributed by atoms with van der Waals surface area (Å²) in [5, 5.41) is 14.6. The molecule has 6 atom stereocenters. The number of rotatable bonds is 6. The highest BCUT2D eigenvalue weighted by Gasteiger charge is 2.66. The van der Waals surface area contributed by atoms with E-state index in [1.165, 1.54) is 30.5 Å². The summed E-state index contributed by atoms with van der Waals surface area (Å²) >= 11 is 0. The lowest BCUT2D eigenvalue weighted by Gasteiger charge is -2.60. The summed E-state index contributed by atoms with van der Waals surface area (Å²) in [5.41, 5.74) is 1.71. The van der Waals surface area contributed by atoms with E-state index in [-0.39, 0.29) is 29.3 Å². The van der Waals surface area contributed by atoms with Crippen LogP contribution in [0.4, 0.5) is 0 Å². The van der Waals surface area contributed by atoms with Gasteiger partial charge in [0.2, 0.25) is 0 Å². The molecule has 192 valence electrons. The molecule has 5 aliphatic rings. The molecule has 35 heavy (non-hydrogen) atoms. The molecule has 0 radical (unpaired) electrons. The van der Waals surface area contributed by atoms with Crippen molar-refractivity contribution < 1.29 is 24.1 Å². The Morgan fingerprint density at radius 1 is 1.31 bits per heavy atom. The summed E-state index contributed by atoms with van der Waals surface area (Å²) in [6, 6.07) is 1.77. The maximum atomic E-state index is 12.8. The van der Waals surface area contributed by atoms with Gasteiger partial charge in [0.1, 0.15) is 23.5 Å². The zero-order chi connectivity index (χ0) is 24.7. The van der Waals surface area contributed by atoms with Crippen molar-refractivity contribution in [3.8, 4) is 17.2 Å². The molecule has 3 fully saturated rings. The van der Waals surface area contributed by atoms with Crippen LogP contribution in [-0.2, 0) is 21.4 Å². The van der Waals surface area contributed by atoms with Crippen molar-refractivity contribution in [2.24, 2.45) is 11.8 Å². The fourth-order valence-electron chi connectivity index (χ4n) is 7.67. The smallest absolute Gasteiger partial charge is 0.323 e. The maximum Gasteiger partial charge on any atom is 0.323 e. The molecule has 6 rings (SSSR count). The van der Waals surface area contributed by atoms with Gasteiger partial charge in [-0.05, 0) is 84.6 Å². The predicted molar refractivity (Wildman–Crippen MR) is 132 cm³/mol. The van der Waals surface area contributed by atoms with Crippen molar-refractivity contribution in [1.82, 2.24) is 10.2 Å². The molecule has 3 aliphatic carbocycles. The first kappa shape index (κ1) is 23.4. The van der Waals surface area contributed by atoms with Gasteiger partial charge in [-0.25, -0.2) is 0 Å². The SMILES string of the molecule is COc1cc(O)c2c3c1C[C@@H]1[C@@H]4CC[C@H](N[C@@H](C)C(=O)OC(C)(C)C)[C@H](O2)[C@]34CCN1CC1CC1. The quantitative estimate of drug-likeness (QED) is 0.598. The van der Waals surface area contributed by atoms with E-state index in [9.17, 15) is 9.90 Å². The number of benzene rings is 1.